The number of nitrogens with zero attached hydrogens (tertiary/aromatic N) is 1. The standard InChI is InChI=1S/C15H21Cl2NO3/c1-2-20-10-12(19)8-18-5-6-21-15(9-18)11-3-4-13(16)14(17)7-11/h3-4,7,12,15,19H,2,5-6,8-10H2,1H3/t12-,15-/m1/s1. The van der Waals surface area contributed by atoms with Gasteiger partial charge >= 0.3 is 0 Å². The lowest BCUT2D eigenvalue weighted by molar-refractivity contribution is -0.0517. The zero-order valence-electron chi connectivity index (χ0n) is 12.1. The third-order valence-electron chi connectivity index (χ3n) is 3.45. The number of benzene rings is 1. The van der Waals surface area contributed by atoms with Gasteiger partial charge < -0.3 is 14.6 Å². The second kappa shape index (κ2) is 8.32. The summed E-state index contributed by atoms with van der Waals surface area (Å²) in [5.41, 5.74) is 1.01. The van der Waals surface area contributed by atoms with Gasteiger partial charge in [-0.2, -0.15) is 0 Å². The van der Waals surface area contributed by atoms with Gasteiger partial charge in [0.05, 0.1) is 35.5 Å². The van der Waals surface area contributed by atoms with Crippen LogP contribution in [-0.2, 0) is 9.47 Å². The van der Waals surface area contributed by atoms with Gasteiger partial charge in [0.15, 0.2) is 0 Å². The van der Waals surface area contributed by atoms with Crippen LogP contribution in [0.5, 0.6) is 0 Å². The molecule has 0 radical (unpaired) electrons. The molecular formula is C15H21Cl2NO3. The van der Waals surface area contributed by atoms with Gasteiger partial charge in [0.1, 0.15) is 0 Å². The second-order valence-corrected chi connectivity index (χ2v) is 5.92. The number of hydrogen-bond acceptors (Lipinski definition) is 4. The predicted octanol–water partition coefficient (Wildman–Crippen LogP) is 2.76. The molecule has 0 spiro atoms. The van der Waals surface area contributed by atoms with Crippen molar-refractivity contribution < 1.29 is 14.6 Å². The zero-order valence-corrected chi connectivity index (χ0v) is 13.6. The Kier molecular flexibility index (Phi) is 6.74. The molecule has 1 aromatic rings. The normalized spacial score (nSPS) is 21.4. The van der Waals surface area contributed by atoms with E-state index in [2.05, 4.69) is 4.90 Å². The highest BCUT2D eigenvalue weighted by atomic mass is 35.5. The Balaban J connectivity index is 1.92. The number of morpholine rings is 1. The van der Waals surface area contributed by atoms with Gasteiger partial charge in [0.2, 0.25) is 0 Å². The number of β-amino-alcohol motifs (C(OH)–C–C–N with tert-alkyl or cyclic N) is 1. The summed E-state index contributed by atoms with van der Waals surface area (Å²) in [4.78, 5) is 2.18. The Morgan fingerprint density at radius 2 is 2.24 bits per heavy atom. The van der Waals surface area contributed by atoms with Gasteiger partial charge in [-0.05, 0) is 24.6 Å². The SMILES string of the molecule is CCOC[C@H](O)CN1CCO[C@@H](c2ccc(Cl)c(Cl)c2)C1. The molecule has 0 aliphatic carbocycles. The number of ether oxygens (including phenoxy) is 2. The Bertz CT molecular complexity index is 459. The molecule has 4 nitrogen and oxygen atoms in total. The van der Waals surface area contributed by atoms with E-state index in [0.29, 0.717) is 36.4 Å². The van der Waals surface area contributed by atoms with Crippen LogP contribution in [-0.4, -0.2) is 55.6 Å². The summed E-state index contributed by atoms with van der Waals surface area (Å²) >= 11 is 12.0. The first-order chi connectivity index (χ1) is 10.1. The van der Waals surface area contributed by atoms with Crippen molar-refractivity contribution in [1.82, 2.24) is 4.90 Å². The lowest BCUT2D eigenvalue weighted by atomic mass is 10.1. The minimum atomic E-state index is -0.475. The maximum Gasteiger partial charge on any atom is 0.0952 e. The molecule has 2 rings (SSSR count). The summed E-state index contributed by atoms with van der Waals surface area (Å²) in [7, 11) is 0. The van der Waals surface area contributed by atoms with Crippen molar-refractivity contribution in [1.29, 1.82) is 0 Å². The van der Waals surface area contributed by atoms with Crippen LogP contribution in [0.4, 0.5) is 0 Å². The molecule has 1 aromatic carbocycles. The Hall–Kier alpha value is -0.360. The molecule has 21 heavy (non-hydrogen) atoms. The molecule has 1 saturated heterocycles. The van der Waals surface area contributed by atoms with Crippen molar-refractivity contribution in [2.45, 2.75) is 19.1 Å². The van der Waals surface area contributed by atoms with Gasteiger partial charge in [-0.3, -0.25) is 4.90 Å². The molecule has 1 aliphatic rings. The molecule has 2 atom stereocenters. The maximum absolute atomic E-state index is 9.92. The molecule has 0 saturated carbocycles. The molecule has 1 heterocycles. The summed E-state index contributed by atoms with van der Waals surface area (Å²) in [6, 6.07) is 5.55. The zero-order chi connectivity index (χ0) is 15.2. The average Bonchev–Trinajstić information content (AvgIpc) is 2.48. The van der Waals surface area contributed by atoms with Gasteiger partial charge in [-0.15, -0.1) is 0 Å². The number of rotatable bonds is 6. The van der Waals surface area contributed by atoms with E-state index in [4.69, 9.17) is 32.7 Å². The van der Waals surface area contributed by atoms with Crippen LogP contribution < -0.4 is 0 Å². The van der Waals surface area contributed by atoms with Crippen LogP contribution in [0.3, 0.4) is 0 Å². The van der Waals surface area contributed by atoms with Crippen LogP contribution in [0.1, 0.15) is 18.6 Å². The lowest BCUT2D eigenvalue weighted by Crippen LogP contribution is -2.43. The summed E-state index contributed by atoms with van der Waals surface area (Å²) in [6.07, 6.45) is -0.523. The maximum atomic E-state index is 9.92. The molecule has 118 valence electrons. The van der Waals surface area contributed by atoms with Gasteiger partial charge in [0, 0.05) is 26.2 Å². The fourth-order valence-electron chi connectivity index (χ4n) is 2.39. The molecule has 0 bridgehead atoms. The molecule has 1 aliphatic heterocycles. The average molecular weight is 334 g/mol. The van der Waals surface area contributed by atoms with Crippen LogP contribution in [0.15, 0.2) is 18.2 Å². The fraction of sp³-hybridized carbons (Fsp3) is 0.600. The van der Waals surface area contributed by atoms with Crippen molar-refractivity contribution in [3.63, 3.8) is 0 Å². The van der Waals surface area contributed by atoms with E-state index >= 15 is 0 Å². The summed E-state index contributed by atoms with van der Waals surface area (Å²) in [6.45, 7) is 5.65. The smallest absolute Gasteiger partial charge is 0.0952 e. The van der Waals surface area contributed by atoms with E-state index in [-0.39, 0.29) is 6.10 Å². The first kappa shape index (κ1) is 17.0. The lowest BCUT2D eigenvalue weighted by Gasteiger charge is -2.34. The predicted molar refractivity (Wildman–Crippen MR) is 84.1 cm³/mol. The van der Waals surface area contributed by atoms with Gasteiger partial charge in [-0.25, -0.2) is 0 Å². The number of halogens is 2. The minimum absolute atomic E-state index is 0.0483. The first-order valence-corrected chi connectivity index (χ1v) is 7.90. The summed E-state index contributed by atoms with van der Waals surface area (Å²) in [5.74, 6) is 0. The van der Waals surface area contributed by atoms with Gasteiger partial charge in [0.25, 0.3) is 0 Å². The topological polar surface area (TPSA) is 41.9 Å². The summed E-state index contributed by atoms with van der Waals surface area (Å²) in [5, 5.41) is 11.0. The van der Waals surface area contributed by atoms with E-state index in [0.717, 1.165) is 18.7 Å². The number of hydrogen-bond donors (Lipinski definition) is 1. The van der Waals surface area contributed by atoms with Crippen LogP contribution in [0, 0.1) is 0 Å². The van der Waals surface area contributed by atoms with Crippen LogP contribution >= 0.6 is 23.2 Å². The van der Waals surface area contributed by atoms with Crippen molar-refractivity contribution in [2.24, 2.45) is 0 Å². The van der Waals surface area contributed by atoms with Crippen molar-refractivity contribution >= 4 is 23.2 Å². The van der Waals surface area contributed by atoms with Crippen molar-refractivity contribution in [3.8, 4) is 0 Å². The molecular weight excluding hydrogens is 313 g/mol. The van der Waals surface area contributed by atoms with E-state index in [1.807, 2.05) is 19.1 Å². The van der Waals surface area contributed by atoms with Crippen molar-refractivity contribution in [2.75, 3.05) is 39.5 Å². The van der Waals surface area contributed by atoms with Crippen LogP contribution in [0.25, 0.3) is 0 Å². The monoisotopic (exact) mass is 333 g/mol. The largest absolute Gasteiger partial charge is 0.389 e. The molecule has 0 aromatic heterocycles. The van der Waals surface area contributed by atoms with E-state index in [1.165, 1.54) is 0 Å². The Labute approximate surface area is 135 Å². The second-order valence-electron chi connectivity index (χ2n) is 5.11. The Morgan fingerprint density at radius 3 is 2.95 bits per heavy atom. The number of aliphatic hydroxyl groups is 1. The highest BCUT2D eigenvalue weighted by molar-refractivity contribution is 6.42. The molecule has 6 heteroatoms. The van der Waals surface area contributed by atoms with E-state index < -0.39 is 6.10 Å². The van der Waals surface area contributed by atoms with Crippen LogP contribution in [0.2, 0.25) is 10.0 Å². The summed E-state index contributed by atoms with van der Waals surface area (Å²) < 4.78 is 11.0. The highest BCUT2D eigenvalue weighted by Gasteiger charge is 2.24. The quantitative estimate of drug-likeness (QED) is 0.869. The van der Waals surface area contributed by atoms with E-state index in [1.54, 1.807) is 6.07 Å². The fourth-order valence-corrected chi connectivity index (χ4v) is 2.69. The number of aliphatic hydroxyl groups excluding tert-OH is 1. The minimum Gasteiger partial charge on any atom is -0.389 e. The van der Waals surface area contributed by atoms with E-state index in [9.17, 15) is 5.11 Å². The Morgan fingerprint density at radius 1 is 1.43 bits per heavy atom. The van der Waals surface area contributed by atoms with Crippen molar-refractivity contribution in [3.05, 3.63) is 33.8 Å². The highest BCUT2D eigenvalue weighted by Crippen LogP contribution is 2.29. The molecule has 0 amide bonds. The molecule has 1 N–H and O–H groups in total. The molecule has 0 unspecified atom stereocenters. The first-order valence-electron chi connectivity index (χ1n) is 7.15. The molecule has 1 fully saturated rings. The third kappa shape index (κ3) is 5.09. The third-order valence-corrected chi connectivity index (χ3v) is 4.19. The van der Waals surface area contributed by atoms with Gasteiger partial charge in [-0.1, -0.05) is 29.3 Å².